The maximum Gasteiger partial charge on any atom is 0.166 e. The number of hydrogen-bond acceptors (Lipinski definition) is 4. The van der Waals surface area contributed by atoms with Gasteiger partial charge in [-0.15, -0.1) is 0 Å². The highest BCUT2D eigenvalue weighted by atomic mass is 35.5. The SMILES string of the molecule is COc1cccc(CNC[C@@H](O)c2ccccc2)c1OCc1c(Cl)cccc1Cl. The molecule has 0 aliphatic heterocycles. The summed E-state index contributed by atoms with van der Waals surface area (Å²) in [7, 11) is 1.60. The Balaban J connectivity index is 1.69. The van der Waals surface area contributed by atoms with Crippen LogP contribution < -0.4 is 14.8 Å². The molecule has 4 nitrogen and oxygen atoms in total. The summed E-state index contributed by atoms with van der Waals surface area (Å²) >= 11 is 12.5. The molecule has 0 aromatic heterocycles. The zero-order chi connectivity index (χ0) is 20.6. The van der Waals surface area contributed by atoms with Crippen molar-refractivity contribution in [2.24, 2.45) is 0 Å². The first-order valence-electron chi connectivity index (χ1n) is 9.25. The molecular weight excluding hydrogens is 409 g/mol. The normalized spacial score (nSPS) is 11.9. The molecule has 0 radical (unpaired) electrons. The minimum absolute atomic E-state index is 0.221. The number of aliphatic hydroxyl groups is 1. The van der Waals surface area contributed by atoms with E-state index in [1.807, 2.05) is 48.5 Å². The van der Waals surface area contributed by atoms with Crippen LogP contribution in [-0.2, 0) is 13.2 Å². The third-order valence-corrected chi connectivity index (χ3v) is 5.25. The van der Waals surface area contributed by atoms with E-state index in [4.69, 9.17) is 32.7 Å². The lowest BCUT2D eigenvalue weighted by atomic mass is 10.1. The number of methoxy groups -OCH3 is 1. The van der Waals surface area contributed by atoms with E-state index in [9.17, 15) is 5.11 Å². The van der Waals surface area contributed by atoms with Gasteiger partial charge in [0.05, 0.1) is 13.2 Å². The molecule has 3 rings (SSSR count). The Bertz CT molecular complexity index is 914. The highest BCUT2D eigenvalue weighted by Gasteiger charge is 2.14. The van der Waals surface area contributed by atoms with Crippen molar-refractivity contribution in [3.8, 4) is 11.5 Å². The summed E-state index contributed by atoms with van der Waals surface area (Å²) in [5, 5.41) is 14.7. The van der Waals surface area contributed by atoms with E-state index in [1.54, 1.807) is 25.3 Å². The molecule has 0 aliphatic rings. The minimum Gasteiger partial charge on any atom is -0.493 e. The van der Waals surface area contributed by atoms with Crippen LogP contribution >= 0.6 is 23.2 Å². The maximum absolute atomic E-state index is 10.3. The highest BCUT2D eigenvalue weighted by Crippen LogP contribution is 2.33. The van der Waals surface area contributed by atoms with Crippen LogP contribution in [0, 0.1) is 0 Å². The number of ether oxygens (including phenoxy) is 2. The molecule has 6 heteroatoms. The smallest absolute Gasteiger partial charge is 0.166 e. The summed E-state index contributed by atoms with van der Waals surface area (Å²) in [6.07, 6.45) is -0.590. The Labute approximate surface area is 181 Å². The largest absolute Gasteiger partial charge is 0.493 e. The van der Waals surface area contributed by atoms with Crippen molar-refractivity contribution in [3.63, 3.8) is 0 Å². The predicted molar refractivity (Wildman–Crippen MR) is 117 cm³/mol. The summed E-state index contributed by atoms with van der Waals surface area (Å²) in [5.74, 6) is 1.24. The fourth-order valence-corrected chi connectivity index (χ4v) is 3.48. The molecule has 0 saturated heterocycles. The van der Waals surface area contributed by atoms with E-state index in [1.165, 1.54) is 0 Å². The molecule has 0 unspecified atom stereocenters. The van der Waals surface area contributed by atoms with Crippen LogP contribution in [0.3, 0.4) is 0 Å². The first-order chi connectivity index (χ1) is 14.1. The minimum atomic E-state index is -0.590. The van der Waals surface area contributed by atoms with Crippen molar-refractivity contribution in [2.75, 3.05) is 13.7 Å². The second-order valence-electron chi connectivity index (χ2n) is 6.49. The van der Waals surface area contributed by atoms with Gasteiger partial charge in [0, 0.05) is 34.3 Å². The van der Waals surface area contributed by atoms with Crippen molar-refractivity contribution < 1.29 is 14.6 Å². The van der Waals surface area contributed by atoms with Crippen LogP contribution in [0.5, 0.6) is 11.5 Å². The molecule has 152 valence electrons. The quantitative estimate of drug-likeness (QED) is 0.475. The third-order valence-electron chi connectivity index (χ3n) is 4.54. The molecule has 0 aliphatic carbocycles. The zero-order valence-electron chi connectivity index (χ0n) is 16.1. The summed E-state index contributed by atoms with van der Waals surface area (Å²) in [4.78, 5) is 0. The van der Waals surface area contributed by atoms with Gasteiger partial charge in [-0.3, -0.25) is 0 Å². The summed E-state index contributed by atoms with van der Waals surface area (Å²) < 4.78 is 11.5. The van der Waals surface area contributed by atoms with E-state index in [2.05, 4.69) is 5.32 Å². The number of hydrogen-bond donors (Lipinski definition) is 2. The summed E-state index contributed by atoms with van der Waals surface area (Å²) in [5.41, 5.74) is 2.50. The van der Waals surface area contributed by atoms with Crippen molar-refractivity contribution in [2.45, 2.75) is 19.3 Å². The van der Waals surface area contributed by atoms with Gasteiger partial charge in [-0.25, -0.2) is 0 Å². The number of aliphatic hydroxyl groups excluding tert-OH is 1. The van der Waals surface area contributed by atoms with Crippen molar-refractivity contribution in [3.05, 3.63) is 93.5 Å². The number of halogens is 2. The van der Waals surface area contributed by atoms with Crippen LogP contribution in [-0.4, -0.2) is 18.8 Å². The van der Waals surface area contributed by atoms with E-state index in [-0.39, 0.29) is 6.61 Å². The van der Waals surface area contributed by atoms with Crippen molar-refractivity contribution >= 4 is 23.2 Å². The van der Waals surface area contributed by atoms with Crippen LogP contribution in [0.25, 0.3) is 0 Å². The molecule has 2 N–H and O–H groups in total. The van der Waals surface area contributed by atoms with Gasteiger partial charge in [-0.2, -0.15) is 0 Å². The Morgan fingerprint density at radius 1 is 0.931 bits per heavy atom. The van der Waals surface area contributed by atoms with Crippen LogP contribution in [0.1, 0.15) is 22.8 Å². The van der Waals surface area contributed by atoms with E-state index < -0.39 is 6.10 Å². The van der Waals surface area contributed by atoms with Gasteiger partial charge in [0.2, 0.25) is 0 Å². The fourth-order valence-electron chi connectivity index (χ4n) is 2.98. The lowest BCUT2D eigenvalue weighted by Crippen LogP contribution is -2.21. The van der Waals surface area contributed by atoms with Gasteiger partial charge >= 0.3 is 0 Å². The van der Waals surface area contributed by atoms with Gasteiger partial charge in [0.1, 0.15) is 6.61 Å². The topological polar surface area (TPSA) is 50.7 Å². The standard InChI is InChI=1S/C23H23Cl2NO3/c1-28-22-12-5-9-17(13-26-14-21(27)16-7-3-2-4-8-16)23(22)29-15-18-19(24)10-6-11-20(18)25/h2-12,21,26-27H,13-15H2,1H3/t21-/m1/s1. The molecule has 0 amide bonds. The number of rotatable bonds is 9. The van der Waals surface area contributed by atoms with Gasteiger partial charge in [0.25, 0.3) is 0 Å². The Hall–Kier alpha value is -2.24. The van der Waals surface area contributed by atoms with Gasteiger partial charge in [-0.1, -0.05) is 71.7 Å². The van der Waals surface area contributed by atoms with Gasteiger partial charge in [-0.05, 0) is 23.8 Å². The Morgan fingerprint density at radius 2 is 1.62 bits per heavy atom. The van der Waals surface area contributed by atoms with Crippen LogP contribution in [0.15, 0.2) is 66.7 Å². The average molecular weight is 432 g/mol. The Morgan fingerprint density at radius 3 is 2.31 bits per heavy atom. The molecule has 0 saturated carbocycles. The maximum atomic E-state index is 10.3. The number of benzene rings is 3. The number of nitrogens with one attached hydrogen (secondary N) is 1. The number of para-hydroxylation sites is 1. The first-order valence-corrected chi connectivity index (χ1v) is 10.0. The molecule has 0 fully saturated rings. The summed E-state index contributed by atoms with van der Waals surface area (Å²) in [6, 6.07) is 20.6. The van der Waals surface area contributed by atoms with Crippen molar-refractivity contribution in [1.82, 2.24) is 5.32 Å². The van der Waals surface area contributed by atoms with Gasteiger partial charge in [0.15, 0.2) is 11.5 Å². The van der Waals surface area contributed by atoms with E-state index in [0.717, 1.165) is 16.7 Å². The zero-order valence-corrected chi connectivity index (χ0v) is 17.6. The summed E-state index contributed by atoms with van der Waals surface area (Å²) in [6.45, 7) is 1.14. The second-order valence-corrected chi connectivity index (χ2v) is 7.31. The Kier molecular flexibility index (Phi) is 7.78. The van der Waals surface area contributed by atoms with Gasteiger partial charge < -0.3 is 19.9 Å². The first kappa shape index (κ1) is 21.5. The second kappa shape index (κ2) is 10.5. The lowest BCUT2D eigenvalue weighted by molar-refractivity contribution is 0.174. The third kappa shape index (κ3) is 5.64. The average Bonchev–Trinajstić information content (AvgIpc) is 2.74. The molecule has 29 heavy (non-hydrogen) atoms. The highest BCUT2D eigenvalue weighted by molar-refractivity contribution is 6.35. The van der Waals surface area contributed by atoms with Crippen LogP contribution in [0.4, 0.5) is 0 Å². The molecule has 0 spiro atoms. The van der Waals surface area contributed by atoms with Crippen molar-refractivity contribution in [1.29, 1.82) is 0 Å². The van der Waals surface area contributed by atoms with E-state index in [0.29, 0.717) is 34.6 Å². The van der Waals surface area contributed by atoms with Crippen LogP contribution in [0.2, 0.25) is 10.0 Å². The lowest BCUT2D eigenvalue weighted by Gasteiger charge is -2.17. The molecule has 0 bridgehead atoms. The van der Waals surface area contributed by atoms with E-state index >= 15 is 0 Å². The molecule has 3 aromatic rings. The fraction of sp³-hybridized carbons (Fsp3) is 0.217. The molecule has 1 atom stereocenters. The molecular formula is C23H23Cl2NO3. The molecule has 0 heterocycles. The molecule has 3 aromatic carbocycles. The monoisotopic (exact) mass is 431 g/mol. The predicted octanol–water partition coefficient (Wildman–Crippen LogP) is 5.40.